The fourth-order valence-corrected chi connectivity index (χ4v) is 2.31. The zero-order valence-corrected chi connectivity index (χ0v) is 15.9. The lowest BCUT2D eigenvalue weighted by Gasteiger charge is -2.14. The molecule has 0 saturated heterocycles. The minimum Gasteiger partial charge on any atom is -0.493 e. The van der Waals surface area contributed by atoms with Gasteiger partial charge in [0, 0.05) is 24.0 Å². The van der Waals surface area contributed by atoms with Crippen molar-refractivity contribution < 1.29 is 28.2 Å². The number of nitriles is 1. The highest BCUT2D eigenvalue weighted by atomic mass is 19.1. The maximum Gasteiger partial charge on any atom is 0.340 e. The summed E-state index contributed by atoms with van der Waals surface area (Å²) in [5, 5.41) is 14.5. The molecule has 150 valence electrons. The Labute approximate surface area is 166 Å². The molecule has 0 bridgehead atoms. The summed E-state index contributed by atoms with van der Waals surface area (Å²) in [6.45, 7) is 0. The zero-order chi connectivity index (χ0) is 21.4. The largest absolute Gasteiger partial charge is 0.493 e. The van der Waals surface area contributed by atoms with Crippen LogP contribution in [0.3, 0.4) is 0 Å². The Morgan fingerprint density at radius 3 is 2.24 bits per heavy atom. The normalized spacial score (nSPS) is 10.5. The molecule has 0 spiro atoms. The van der Waals surface area contributed by atoms with Crippen molar-refractivity contribution in [2.24, 2.45) is 0 Å². The average Bonchev–Trinajstić information content (AvgIpc) is 2.74. The number of ether oxygens (including phenoxy) is 3. The van der Waals surface area contributed by atoms with E-state index in [1.54, 1.807) is 6.07 Å². The molecule has 0 heterocycles. The van der Waals surface area contributed by atoms with Crippen LogP contribution in [0.15, 0.2) is 48.2 Å². The lowest BCUT2D eigenvalue weighted by atomic mass is 10.1. The quantitative estimate of drug-likeness (QED) is 0.418. The third-order valence-electron chi connectivity index (χ3n) is 3.77. The molecule has 0 aliphatic carbocycles. The first kappa shape index (κ1) is 21.2. The van der Waals surface area contributed by atoms with E-state index < -0.39 is 17.7 Å². The number of methoxy groups -OCH3 is 3. The SMILES string of the molecule is COC(=O)c1cc(OC)c(OC)cc1NC=C(C#N)C(=O)Nc1ccc(F)cc1. The number of benzene rings is 2. The van der Waals surface area contributed by atoms with Crippen molar-refractivity contribution in [2.75, 3.05) is 32.0 Å². The van der Waals surface area contributed by atoms with E-state index in [-0.39, 0.29) is 16.8 Å². The third kappa shape index (κ3) is 5.23. The van der Waals surface area contributed by atoms with Crippen molar-refractivity contribution in [3.05, 3.63) is 59.6 Å². The molecule has 9 heteroatoms. The number of esters is 1. The van der Waals surface area contributed by atoms with Gasteiger partial charge >= 0.3 is 5.97 Å². The van der Waals surface area contributed by atoms with E-state index in [1.165, 1.54) is 57.7 Å². The van der Waals surface area contributed by atoms with Crippen LogP contribution in [-0.4, -0.2) is 33.2 Å². The van der Waals surface area contributed by atoms with Gasteiger partial charge in [0.05, 0.1) is 32.6 Å². The predicted octanol–water partition coefficient (Wildman–Crippen LogP) is 3.09. The predicted molar refractivity (Wildman–Crippen MR) is 103 cm³/mol. The number of nitrogens with zero attached hydrogens (tertiary/aromatic N) is 1. The number of carbonyl (C=O) groups is 2. The molecule has 8 nitrogen and oxygen atoms in total. The van der Waals surface area contributed by atoms with E-state index in [9.17, 15) is 19.2 Å². The van der Waals surface area contributed by atoms with Crippen molar-refractivity contribution >= 4 is 23.3 Å². The van der Waals surface area contributed by atoms with E-state index in [2.05, 4.69) is 10.6 Å². The number of rotatable bonds is 7. The van der Waals surface area contributed by atoms with Crippen LogP contribution in [0.25, 0.3) is 0 Å². The molecule has 0 radical (unpaired) electrons. The van der Waals surface area contributed by atoms with Crippen LogP contribution in [0.5, 0.6) is 11.5 Å². The van der Waals surface area contributed by atoms with Crippen LogP contribution in [0.1, 0.15) is 10.4 Å². The first-order chi connectivity index (χ1) is 13.9. The van der Waals surface area contributed by atoms with Crippen LogP contribution >= 0.6 is 0 Å². The molecule has 1 amide bonds. The average molecular weight is 399 g/mol. The van der Waals surface area contributed by atoms with Gasteiger partial charge in [0.1, 0.15) is 17.5 Å². The smallest absolute Gasteiger partial charge is 0.340 e. The van der Waals surface area contributed by atoms with Crippen molar-refractivity contribution in [2.45, 2.75) is 0 Å². The highest BCUT2D eigenvalue weighted by molar-refractivity contribution is 6.07. The molecule has 0 fully saturated rings. The monoisotopic (exact) mass is 399 g/mol. The van der Waals surface area contributed by atoms with E-state index in [0.29, 0.717) is 17.2 Å². The number of nitrogens with one attached hydrogen (secondary N) is 2. The first-order valence-electron chi connectivity index (χ1n) is 8.21. The maximum absolute atomic E-state index is 13.0. The fraction of sp³-hybridized carbons (Fsp3) is 0.150. The second kappa shape index (κ2) is 9.75. The lowest BCUT2D eigenvalue weighted by Crippen LogP contribution is -2.15. The summed E-state index contributed by atoms with van der Waals surface area (Å²) in [5.74, 6) is -1.20. The molecule has 2 rings (SSSR count). The molecular weight excluding hydrogens is 381 g/mol. The van der Waals surface area contributed by atoms with Crippen LogP contribution in [0.2, 0.25) is 0 Å². The van der Waals surface area contributed by atoms with Gasteiger partial charge in [-0.25, -0.2) is 9.18 Å². The standard InChI is InChI=1S/C20H18FN3O5/c1-27-17-8-15(20(26)29-3)16(9-18(17)28-2)23-11-12(10-22)19(25)24-14-6-4-13(21)5-7-14/h4-9,11,23H,1-3H3,(H,24,25). The molecular formula is C20H18FN3O5. The summed E-state index contributed by atoms with van der Waals surface area (Å²) in [7, 11) is 4.06. The van der Waals surface area contributed by atoms with Gasteiger partial charge in [0.2, 0.25) is 0 Å². The number of hydrogen-bond donors (Lipinski definition) is 2. The molecule has 0 aromatic heterocycles. The zero-order valence-electron chi connectivity index (χ0n) is 15.9. The topological polar surface area (TPSA) is 110 Å². The molecule has 29 heavy (non-hydrogen) atoms. The van der Waals surface area contributed by atoms with E-state index in [4.69, 9.17) is 14.2 Å². The van der Waals surface area contributed by atoms with Gasteiger partial charge in [-0.1, -0.05) is 0 Å². The van der Waals surface area contributed by atoms with Crippen molar-refractivity contribution in [3.63, 3.8) is 0 Å². The van der Waals surface area contributed by atoms with Gasteiger partial charge in [-0.3, -0.25) is 4.79 Å². The Hall–Kier alpha value is -4.06. The number of hydrogen-bond acceptors (Lipinski definition) is 7. The Balaban J connectivity index is 2.31. The summed E-state index contributed by atoms with van der Waals surface area (Å²) in [6.07, 6.45) is 1.13. The van der Waals surface area contributed by atoms with Gasteiger partial charge in [-0.2, -0.15) is 5.26 Å². The van der Waals surface area contributed by atoms with E-state index >= 15 is 0 Å². The minimum absolute atomic E-state index is 0.109. The van der Waals surface area contributed by atoms with Gasteiger partial charge in [0.15, 0.2) is 11.5 Å². The minimum atomic E-state index is -0.716. The van der Waals surface area contributed by atoms with Gasteiger partial charge < -0.3 is 24.8 Å². The fourth-order valence-electron chi connectivity index (χ4n) is 2.31. The van der Waals surface area contributed by atoms with Crippen LogP contribution in [-0.2, 0) is 9.53 Å². The van der Waals surface area contributed by atoms with E-state index in [0.717, 1.165) is 6.20 Å². The maximum atomic E-state index is 13.0. The molecule has 2 aromatic rings. The van der Waals surface area contributed by atoms with E-state index in [1.807, 2.05) is 0 Å². The lowest BCUT2D eigenvalue weighted by molar-refractivity contribution is -0.112. The van der Waals surface area contributed by atoms with Crippen molar-refractivity contribution in [3.8, 4) is 17.6 Å². The van der Waals surface area contributed by atoms with Crippen molar-refractivity contribution in [1.82, 2.24) is 0 Å². The third-order valence-corrected chi connectivity index (χ3v) is 3.77. The Kier molecular flexibility index (Phi) is 7.14. The molecule has 0 unspecified atom stereocenters. The number of halogens is 1. The molecule has 2 N–H and O–H groups in total. The van der Waals surface area contributed by atoms with Crippen LogP contribution in [0.4, 0.5) is 15.8 Å². The molecule has 2 aromatic carbocycles. The summed E-state index contributed by atoms with van der Waals surface area (Å²) >= 11 is 0. The van der Waals surface area contributed by atoms with Crippen molar-refractivity contribution in [1.29, 1.82) is 5.26 Å². The highest BCUT2D eigenvalue weighted by Crippen LogP contribution is 2.33. The Bertz CT molecular complexity index is 981. The second-order valence-electron chi connectivity index (χ2n) is 5.52. The molecule has 0 atom stereocenters. The summed E-state index contributed by atoms with van der Waals surface area (Å²) in [5.41, 5.74) is 0.383. The summed E-state index contributed by atoms with van der Waals surface area (Å²) in [4.78, 5) is 24.3. The number of anilines is 2. The van der Waals surface area contributed by atoms with Gasteiger partial charge in [0.25, 0.3) is 5.91 Å². The van der Waals surface area contributed by atoms with Crippen LogP contribution < -0.4 is 20.1 Å². The number of amides is 1. The Morgan fingerprint density at radius 2 is 1.69 bits per heavy atom. The van der Waals surface area contributed by atoms with Gasteiger partial charge in [-0.05, 0) is 24.3 Å². The van der Waals surface area contributed by atoms with Crippen LogP contribution in [0, 0.1) is 17.1 Å². The van der Waals surface area contributed by atoms with Gasteiger partial charge in [-0.15, -0.1) is 0 Å². The molecule has 0 aliphatic rings. The summed E-state index contributed by atoms with van der Waals surface area (Å²) in [6, 6.07) is 9.71. The summed E-state index contributed by atoms with van der Waals surface area (Å²) < 4.78 is 28.1. The highest BCUT2D eigenvalue weighted by Gasteiger charge is 2.18. The second-order valence-corrected chi connectivity index (χ2v) is 5.52. The molecule has 0 aliphatic heterocycles. The first-order valence-corrected chi connectivity index (χ1v) is 8.21. The molecule has 0 saturated carbocycles. The Morgan fingerprint density at radius 1 is 1.07 bits per heavy atom. The number of carbonyl (C=O) groups excluding carboxylic acids is 2.